The third-order valence-corrected chi connectivity index (χ3v) is 2.25. The highest BCUT2D eigenvalue weighted by molar-refractivity contribution is 6.30. The lowest BCUT2D eigenvalue weighted by atomic mass is 10.3. The van der Waals surface area contributed by atoms with Crippen molar-refractivity contribution in [2.75, 3.05) is 33.7 Å². The van der Waals surface area contributed by atoms with Crippen molar-refractivity contribution in [1.29, 1.82) is 0 Å². The van der Waals surface area contributed by atoms with Crippen LogP contribution in [0.3, 0.4) is 0 Å². The molecule has 0 heterocycles. The van der Waals surface area contributed by atoms with E-state index in [0.29, 0.717) is 0 Å². The number of alkyl halides is 1. The van der Waals surface area contributed by atoms with Crippen molar-refractivity contribution in [3.05, 3.63) is 0 Å². The number of halogens is 1. The Labute approximate surface area is 92.0 Å². The van der Waals surface area contributed by atoms with Crippen molar-refractivity contribution in [2.45, 2.75) is 25.6 Å². The van der Waals surface area contributed by atoms with E-state index >= 15 is 0 Å². The Kier molecular flexibility index (Phi) is 6.93. The number of carbonyl (C=O) groups excluding carboxylic acids is 1. The summed E-state index contributed by atoms with van der Waals surface area (Å²) in [4.78, 5) is 15.5. The topological polar surface area (TPSA) is 23.6 Å². The molecule has 0 rings (SSSR count). The summed E-state index contributed by atoms with van der Waals surface area (Å²) in [7, 11) is 4.06. The van der Waals surface area contributed by atoms with Crippen molar-refractivity contribution in [1.82, 2.24) is 9.80 Å². The van der Waals surface area contributed by atoms with Crippen LogP contribution in [-0.2, 0) is 4.79 Å². The molecular weight excluding hydrogens is 200 g/mol. The maximum absolute atomic E-state index is 11.5. The first-order valence-corrected chi connectivity index (χ1v) is 5.50. The molecule has 0 spiro atoms. The van der Waals surface area contributed by atoms with Gasteiger partial charge in [-0.1, -0.05) is 0 Å². The Morgan fingerprint density at radius 1 is 1.36 bits per heavy atom. The number of rotatable bonds is 6. The average molecular weight is 221 g/mol. The first-order valence-electron chi connectivity index (χ1n) is 5.06. The van der Waals surface area contributed by atoms with Gasteiger partial charge in [-0.25, -0.2) is 0 Å². The van der Waals surface area contributed by atoms with Gasteiger partial charge in [-0.05, 0) is 40.9 Å². The van der Waals surface area contributed by atoms with Crippen LogP contribution in [-0.4, -0.2) is 54.8 Å². The highest BCUT2D eigenvalue weighted by atomic mass is 35.5. The zero-order valence-corrected chi connectivity index (χ0v) is 10.3. The van der Waals surface area contributed by atoms with Crippen molar-refractivity contribution < 1.29 is 4.79 Å². The van der Waals surface area contributed by atoms with Gasteiger partial charge in [-0.15, -0.1) is 11.6 Å². The number of carbonyl (C=O) groups is 1. The zero-order chi connectivity index (χ0) is 11.1. The van der Waals surface area contributed by atoms with E-state index in [9.17, 15) is 4.79 Å². The van der Waals surface area contributed by atoms with E-state index in [2.05, 4.69) is 4.90 Å². The lowest BCUT2D eigenvalue weighted by Crippen LogP contribution is -2.37. The SMILES string of the molecule is CCN(CCCN(C)C)C(=O)C(C)Cl. The molecule has 84 valence electrons. The monoisotopic (exact) mass is 220 g/mol. The number of amides is 1. The van der Waals surface area contributed by atoms with E-state index in [4.69, 9.17) is 11.6 Å². The molecule has 3 nitrogen and oxygen atoms in total. The second-order valence-corrected chi connectivity index (χ2v) is 4.35. The van der Waals surface area contributed by atoms with Gasteiger partial charge < -0.3 is 9.80 Å². The molecule has 0 fully saturated rings. The molecule has 0 aromatic rings. The molecule has 0 aliphatic heterocycles. The molecule has 1 amide bonds. The Hall–Kier alpha value is -0.280. The lowest BCUT2D eigenvalue weighted by Gasteiger charge is -2.22. The van der Waals surface area contributed by atoms with E-state index < -0.39 is 5.38 Å². The summed E-state index contributed by atoms with van der Waals surface area (Å²) >= 11 is 5.74. The minimum Gasteiger partial charge on any atom is -0.342 e. The summed E-state index contributed by atoms with van der Waals surface area (Å²) in [6.07, 6.45) is 0.996. The number of hydrogen-bond acceptors (Lipinski definition) is 2. The van der Waals surface area contributed by atoms with Gasteiger partial charge in [0.15, 0.2) is 0 Å². The van der Waals surface area contributed by atoms with Gasteiger partial charge in [0.2, 0.25) is 5.91 Å². The maximum atomic E-state index is 11.5. The van der Waals surface area contributed by atoms with Crippen LogP contribution in [0.25, 0.3) is 0 Å². The lowest BCUT2D eigenvalue weighted by molar-refractivity contribution is -0.130. The summed E-state index contributed by atoms with van der Waals surface area (Å²) in [5.74, 6) is 0.0351. The molecule has 14 heavy (non-hydrogen) atoms. The zero-order valence-electron chi connectivity index (χ0n) is 9.59. The van der Waals surface area contributed by atoms with E-state index in [0.717, 1.165) is 26.1 Å². The summed E-state index contributed by atoms with van der Waals surface area (Å²) < 4.78 is 0. The molecule has 1 atom stereocenters. The van der Waals surface area contributed by atoms with Crippen molar-refractivity contribution in [3.8, 4) is 0 Å². The summed E-state index contributed by atoms with van der Waals surface area (Å²) in [5.41, 5.74) is 0. The maximum Gasteiger partial charge on any atom is 0.240 e. The molecule has 4 heteroatoms. The average Bonchev–Trinajstić information content (AvgIpc) is 2.10. The highest BCUT2D eigenvalue weighted by Crippen LogP contribution is 2.02. The molecule has 0 radical (unpaired) electrons. The number of nitrogens with zero attached hydrogens (tertiary/aromatic N) is 2. The molecule has 0 bridgehead atoms. The third-order valence-electron chi connectivity index (χ3n) is 2.07. The quantitative estimate of drug-likeness (QED) is 0.632. The highest BCUT2D eigenvalue weighted by Gasteiger charge is 2.16. The Balaban J connectivity index is 3.85. The van der Waals surface area contributed by atoms with Crippen molar-refractivity contribution >= 4 is 17.5 Å². The van der Waals surface area contributed by atoms with Crippen LogP contribution < -0.4 is 0 Å². The fourth-order valence-corrected chi connectivity index (χ4v) is 1.39. The van der Waals surface area contributed by atoms with E-state index in [1.165, 1.54) is 0 Å². The van der Waals surface area contributed by atoms with Gasteiger partial charge >= 0.3 is 0 Å². The van der Waals surface area contributed by atoms with Gasteiger partial charge in [0.25, 0.3) is 0 Å². The summed E-state index contributed by atoms with van der Waals surface area (Å²) in [6, 6.07) is 0. The van der Waals surface area contributed by atoms with Crippen molar-refractivity contribution in [3.63, 3.8) is 0 Å². The predicted molar refractivity (Wildman–Crippen MR) is 60.7 cm³/mol. The van der Waals surface area contributed by atoms with E-state index in [1.54, 1.807) is 11.8 Å². The molecule has 0 aromatic heterocycles. The van der Waals surface area contributed by atoms with Gasteiger partial charge in [-0.3, -0.25) is 4.79 Å². The molecule has 0 saturated carbocycles. The smallest absolute Gasteiger partial charge is 0.240 e. The van der Waals surface area contributed by atoms with Crippen LogP contribution >= 0.6 is 11.6 Å². The van der Waals surface area contributed by atoms with Crippen LogP contribution in [0.4, 0.5) is 0 Å². The molecule has 0 aliphatic rings. The van der Waals surface area contributed by atoms with Crippen LogP contribution in [0.1, 0.15) is 20.3 Å². The molecule has 0 saturated heterocycles. The largest absolute Gasteiger partial charge is 0.342 e. The second kappa shape index (κ2) is 7.07. The summed E-state index contributed by atoms with van der Waals surface area (Å²) in [6.45, 7) is 6.24. The summed E-state index contributed by atoms with van der Waals surface area (Å²) in [5, 5.41) is -0.408. The van der Waals surface area contributed by atoms with E-state index in [1.807, 2.05) is 21.0 Å². The normalized spacial score (nSPS) is 13.0. The Morgan fingerprint density at radius 3 is 2.29 bits per heavy atom. The van der Waals surface area contributed by atoms with Crippen LogP contribution in [0, 0.1) is 0 Å². The van der Waals surface area contributed by atoms with Crippen molar-refractivity contribution in [2.24, 2.45) is 0 Å². The van der Waals surface area contributed by atoms with Gasteiger partial charge in [0, 0.05) is 13.1 Å². The third kappa shape index (κ3) is 5.45. The van der Waals surface area contributed by atoms with E-state index in [-0.39, 0.29) is 5.91 Å². The molecule has 0 aliphatic carbocycles. The Morgan fingerprint density at radius 2 is 1.93 bits per heavy atom. The van der Waals surface area contributed by atoms with Crippen LogP contribution in [0.2, 0.25) is 0 Å². The first kappa shape index (κ1) is 13.7. The minimum atomic E-state index is -0.408. The predicted octanol–water partition coefficient (Wildman–Crippen LogP) is 1.41. The van der Waals surface area contributed by atoms with Crippen LogP contribution in [0.5, 0.6) is 0 Å². The van der Waals surface area contributed by atoms with Crippen LogP contribution in [0.15, 0.2) is 0 Å². The van der Waals surface area contributed by atoms with Gasteiger partial charge in [-0.2, -0.15) is 0 Å². The minimum absolute atomic E-state index is 0.0351. The number of hydrogen-bond donors (Lipinski definition) is 0. The fraction of sp³-hybridized carbons (Fsp3) is 0.900. The first-order chi connectivity index (χ1) is 6.49. The molecule has 0 N–H and O–H groups in total. The fourth-order valence-electron chi connectivity index (χ4n) is 1.25. The standard InChI is InChI=1S/C10H21ClN2O/c1-5-13(10(14)9(2)11)8-6-7-12(3)4/h9H,5-8H2,1-4H3. The second-order valence-electron chi connectivity index (χ2n) is 3.69. The van der Waals surface area contributed by atoms with Gasteiger partial charge in [0.1, 0.15) is 5.38 Å². The van der Waals surface area contributed by atoms with Gasteiger partial charge in [0.05, 0.1) is 0 Å². The molecular formula is C10H21ClN2O. The molecule has 1 unspecified atom stereocenters. The Bertz CT molecular complexity index is 172. The molecule has 0 aromatic carbocycles.